The quantitative estimate of drug-likeness (QED) is 0.694. The van der Waals surface area contributed by atoms with Crippen LogP contribution in [0.1, 0.15) is 64.7 Å². The van der Waals surface area contributed by atoms with Crippen LogP contribution >= 0.6 is 0 Å². The minimum absolute atomic E-state index is 0.243. The summed E-state index contributed by atoms with van der Waals surface area (Å²) in [6, 6.07) is 0. The van der Waals surface area contributed by atoms with E-state index in [0.717, 1.165) is 31.6 Å². The molecule has 2 saturated carbocycles. The number of hydrogen-bond donors (Lipinski definition) is 3. The van der Waals surface area contributed by atoms with E-state index in [9.17, 15) is 10.2 Å². The van der Waals surface area contributed by atoms with Crippen molar-refractivity contribution in [3.63, 3.8) is 0 Å². The molecule has 0 aromatic carbocycles. The van der Waals surface area contributed by atoms with Crippen molar-refractivity contribution >= 4 is 0 Å². The molecule has 3 heteroatoms. The van der Waals surface area contributed by atoms with Crippen molar-refractivity contribution < 1.29 is 10.2 Å². The molecular weight excluding hydrogens is 238 g/mol. The lowest BCUT2D eigenvalue weighted by Crippen LogP contribution is -2.45. The molecule has 19 heavy (non-hydrogen) atoms. The molecule has 112 valence electrons. The predicted octanol–water partition coefficient (Wildman–Crippen LogP) is 2.46. The molecule has 3 nitrogen and oxygen atoms in total. The Kier molecular flexibility index (Phi) is 5.67. The summed E-state index contributed by atoms with van der Waals surface area (Å²) >= 11 is 0. The molecule has 0 aliphatic heterocycles. The molecule has 2 aliphatic carbocycles. The van der Waals surface area contributed by atoms with E-state index >= 15 is 0 Å². The Morgan fingerprint density at radius 2 is 1.95 bits per heavy atom. The molecule has 3 atom stereocenters. The van der Waals surface area contributed by atoms with Gasteiger partial charge in [0.1, 0.15) is 0 Å². The summed E-state index contributed by atoms with van der Waals surface area (Å²) in [6.45, 7) is 3.49. The first-order chi connectivity index (χ1) is 9.07. The Morgan fingerprint density at radius 1 is 1.21 bits per heavy atom. The summed E-state index contributed by atoms with van der Waals surface area (Å²) in [5.74, 6) is 1.36. The highest BCUT2D eigenvalue weighted by Crippen LogP contribution is 2.32. The lowest BCUT2D eigenvalue weighted by atomic mass is 9.79. The van der Waals surface area contributed by atoms with E-state index in [1.165, 1.54) is 32.1 Å². The van der Waals surface area contributed by atoms with Crippen molar-refractivity contribution in [2.75, 3.05) is 13.1 Å². The van der Waals surface area contributed by atoms with Crippen LogP contribution in [0, 0.1) is 11.8 Å². The molecule has 0 aromatic rings. The first-order valence-corrected chi connectivity index (χ1v) is 8.18. The molecule has 0 spiro atoms. The minimum atomic E-state index is -0.537. The molecule has 0 radical (unpaired) electrons. The van der Waals surface area contributed by atoms with Gasteiger partial charge in [-0.15, -0.1) is 0 Å². The van der Waals surface area contributed by atoms with Gasteiger partial charge in [0.05, 0.1) is 11.7 Å². The van der Waals surface area contributed by atoms with Gasteiger partial charge >= 0.3 is 0 Å². The molecule has 0 saturated heterocycles. The van der Waals surface area contributed by atoms with Gasteiger partial charge in [0.2, 0.25) is 0 Å². The first kappa shape index (κ1) is 15.3. The Labute approximate surface area is 117 Å². The molecule has 2 aliphatic rings. The number of rotatable bonds is 6. The third kappa shape index (κ3) is 5.05. The lowest BCUT2D eigenvalue weighted by molar-refractivity contribution is -0.0138. The topological polar surface area (TPSA) is 52.5 Å². The summed E-state index contributed by atoms with van der Waals surface area (Å²) < 4.78 is 0. The Morgan fingerprint density at radius 3 is 2.63 bits per heavy atom. The third-order valence-corrected chi connectivity index (χ3v) is 4.98. The van der Waals surface area contributed by atoms with Gasteiger partial charge in [0.15, 0.2) is 0 Å². The summed E-state index contributed by atoms with van der Waals surface area (Å²) in [4.78, 5) is 0. The van der Waals surface area contributed by atoms with E-state index in [2.05, 4.69) is 12.2 Å². The van der Waals surface area contributed by atoms with Gasteiger partial charge < -0.3 is 15.5 Å². The van der Waals surface area contributed by atoms with E-state index in [-0.39, 0.29) is 6.10 Å². The molecule has 2 rings (SSSR count). The zero-order chi connectivity index (χ0) is 13.7. The van der Waals surface area contributed by atoms with Crippen LogP contribution in [0.2, 0.25) is 0 Å². The zero-order valence-electron chi connectivity index (χ0n) is 12.4. The number of hydrogen-bond acceptors (Lipinski definition) is 3. The van der Waals surface area contributed by atoms with Gasteiger partial charge in [0, 0.05) is 13.1 Å². The zero-order valence-corrected chi connectivity index (χ0v) is 12.4. The van der Waals surface area contributed by atoms with Crippen LogP contribution in [-0.4, -0.2) is 35.0 Å². The van der Waals surface area contributed by atoms with Gasteiger partial charge in [0.25, 0.3) is 0 Å². The second kappa shape index (κ2) is 7.05. The van der Waals surface area contributed by atoms with Gasteiger partial charge in [-0.2, -0.15) is 0 Å². The maximum Gasteiger partial charge on any atom is 0.0774 e. The Balaban J connectivity index is 1.62. The fourth-order valence-corrected chi connectivity index (χ4v) is 3.98. The van der Waals surface area contributed by atoms with E-state index < -0.39 is 5.60 Å². The van der Waals surface area contributed by atoms with Crippen molar-refractivity contribution in [1.29, 1.82) is 0 Å². The van der Waals surface area contributed by atoms with E-state index in [1.807, 2.05) is 0 Å². The van der Waals surface area contributed by atoms with E-state index in [0.29, 0.717) is 19.0 Å². The van der Waals surface area contributed by atoms with E-state index in [4.69, 9.17) is 0 Å². The van der Waals surface area contributed by atoms with Crippen molar-refractivity contribution in [2.45, 2.75) is 76.4 Å². The van der Waals surface area contributed by atoms with Crippen molar-refractivity contribution in [1.82, 2.24) is 5.32 Å². The van der Waals surface area contributed by atoms with Crippen molar-refractivity contribution in [3.05, 3.63) is 0 Å². The highest BCUT2D eigenvalue weighted by Gasteiger charge is 2.32. The van der Waals surface area contributed by atoms with Crippen LogP contribution in [0.4, 0.5) is 0 Å². The van der Waals surface area contributed by atoms with Gasteiger partial charge in [-0.05, 0) is 31.1 Å². The third-order valence-electron chi connectivity index (χ3n) is 4.98. The highest BCUT2D eigenvalue weighted by molar-refractivity contribution is 4.87. The fourth-order valence-electron chi connectivity index (χ4n) is 3.98. The highest BCUT2D eigenvalue weighted by atomic mass is 16.3. The Bertz CT molecular complexity index is 265. The SMILES string of the molecule is CC1CCCC(O)(CNCC(O)CC2CCCC2)C1. The maximum absolute atomic E-state index is 10.5. The van der Waals surface area contributed by atoms with Gasteiger partial charge in [-0.3, -0.25) is 0 Å². The smallest absolute Gasteiger partial charge is 0.0774 e. The van der Waals surface area contributed by atoms with Crippen LogP contribution in [-0.2, 0) is 0 Å². The second-order valence-electron chi connectivity index (χ2n) is 7.10. The van der Waals surface area contributed by atoms with E-state index in [1.54, 1.807) is 0 Å². The average molecular weight is 269 g/mol. The van der Waals surface area contributed by atoms with Crippen LogP contribution in [0.5, 0.6) is 0 Å². The van der Waals surface area contributed by atoms with Gasteiger partial charge in [-0.25, -0.2) is 0 Å². The molecule has 0 bridgehead atoms. The molecule has 3 N–H and O–H groups in total. The predicted molar refractivity (Wildman–Crippen MR) is 78.0 cm³/mol. The van der Waals surface area contributed by atoms with Crippen molar-refractivity contribution in [2.24, 2.45) is 11.8 Å². The molecule has 2 fully saturated rings. The number of nitrogens with one attached hydrogen (secondary N) is 1. The van der Waals surface area contributed by atoms with Crippen LogP contribution in [0.15, 0.2) is 0 Å². The van der Waals surface area contributed by atoms with Crippen LogP contribution < -0.4 is 5.32 Å². The molecule has 0 amide bonds. The summed E-state index contributed by atoms with van der Waals surface area (Å²) in [7, 11) is 0. The molecule has 0 aromatic heterocycles. The fraction of sp³-hybridized carbons (Fsp3) is 1.00. The molecular formula is C16H31NO2. The first-order valence-electron chi connectivity index (χ1n) is 8.18. The largest absolute Gasteiger partial charge is 0.392 e. The normalized spacial score (nSPS) is 34.6. The van der Waals surface area contributed by atoms with Crippen molar-refractivity contribution in [3.8, 4) is 0 Å². The standard InChI is InChI=1S/C16H31NO2/c1-13-5-4-8-16(19,10-13)12-17-11-15(18)9-14-6-2-3-7-14/h13-15,17-19H,2-12H2,1H3. The monoisotopic (exact) mass is 269 g/mol. The lowest BCUT2D eigenvalue weighted by Gasteiger charge is -2.36. The second-order valence-corrected chi connectivity index (χ2v) is 7.10. The van der Waals surface area contributed by atoms with Crippen LogP contribution in [0.3, 0.4) is 0 Å². The average Bonchev–Trinajstić information content (AvgIpc) is 2.81. The maximum atomic E-state index is 10.5. The minimum Gasteiger partial charge on any atom is -0.392 e. The number of aliphatic hydroxyl groups excluding tert-OH is 1. The molecule has 3 unspecified atom stereocenters. The number of aliphatic hydroxyl groups is 2. The van der Waals surface area contributed by atoms with Crippen LogP contribution in [0.25, 0.3) is 0 Å². The van der Waals surface area contributed by atoms with Gasteiger partial charge in [-0.1, -0.05) is 45.4 Å². The summed E-state index contributed by atoms with van der Waals surface area (Å²) in [6.07, 6.45) is 10.1. The Hall–Kier alpha value is -0.120. The molecule has 0 heterocycles. The summed E-state index contributed by atoms with van der Waals surface area (Å²) in [5.41, 5.74) is -0.537. The summed E-state index contributed by atoms with van der Waals surface area (Å²) in [5, 5.41) is 23.8.